The van der Waals surface area contributed by atoms with Crippen LogP contribution in [0.1, 0.15) is 29.3 Å². The van der Waals surface area contributed by atoms with Crippen molar-refractivity contribution in [3.8, 4) is 16.9 Å². The zero-order valence-corrected chi connectivity index (χ0v) is 17.0. The topological polar surface area (TPSA) is 29.5 Å². The van der Waals surface area contributed by atoms with E-state index in [1.165, 1.54) is 29.0 Å². The third-order valence-corrected chi connectivity index (χ3v) is 5.78. The van der Waals surface area contributed by atoms with Crippen molar-refractivity contribution in [1.29, 1.82) is 0 Å². The van der Waals surface area contributed by atoms with Crippen molar-refractivity contribution < 1.29 is 18.6 Å². The van der Waals surface area contributed by atoms with E-state index in [0.29, 0.717) is 10.8 Å². The molecule has 0 aliphatic rings. The molecule has 28 heavy (non-hydrogen) atoms. The van der Waals surface area contributed by atoms with Crippen LogP contribution in [0.5, 0.6) is 5.75 Å². The maximum absolute atomic E-state index is 14.3. The lowest BCUT2D eigenvalue weighted by atomic mass is 10.0. The SMILES string of the molecule is CCc1ccc(-c2cc(Cl)sc2COc2ccc(CCCO)c(F)c2F)cc1. The highest BCUT2D eigenvalue weighted by Crippen LogP contribution is 2.36. The molecule has 0 aliphatic carbocycles. The highest BCUT2D eigenvalue weighted by atomic mass is 35.5. The summed E-state index contributed by atoms with van der Waals surface area (Å²) in [5.74, 6) is -2.07. The van der Waals surface area contributed by atoms with Gasteiger partial charge in [0.2, 0.25) is 5.82 Å². The summed E-state index contributed by atoms with van der Waals surface area (Å²) in [5.41, 5.74) is 3.40. The van der Waals surface area contributed by atoms with Crippen LogP contribution in [0.3, 0.4) is 0 Å². The molecule has 0 spiro atoms. The summed E-state index contributed by atoms with van der Waals surface area (Å²) in [6.45, 7) is 2.12. The van der Waals surface area contributed by atoms with Crippen molar-refractivity contribution in [3.63, 3.8) is 0 Å². The summed E-state index contributed by atoms with van der Waals surface area (Å²) >= 11 is 7.55. The van der Waals surface area contributed by atoms with E-state index in [1.54, 1.807) is 0 Å². The average Bonchev–Trinajstić information content (AvgIpc) is 3.09. The minimum Gasteiger partial charge on any atom is -0.485 e. The number of benzene rings is 2. The Morgan fingerprint density at radius 3 is 2.50 bits per heavy atom. The first-order chi connectivity index (χ1) is 13.5. The molecule has 3 rings (SSSR count). The van der Waals surface area contributed by atoms with Gasteiger partial charge in [-0.3, -0.25) is 0 Å². The van der Waals surface area contributed by atoms with Crippen LogP contribution in [0, 0.1) is 11.6 Å². The number of aliphatic hydroxyl groups excluding tert-OH is 1. The van der Waals surface area contributed by atoms with Gasteiger partial charge < -0.3 is 9.84 Å². The first-order valence-electron chi connectivity index (χ1n) is 9.11. The molecule has 0 amide bonds. The fraction of sp³-hybridized carbons (Fsp3) is 0.273. The fourth-order valence-electron chi connectivity index (χ4n) is 2.96. The Balaban J connectivity index is 1.79. The predicted octanol–water partition coefficient (Wildman–Crippen LogP) is 6.41. The molecule has 1 N–H and O–H groups in total. The van der Waals surface area contributed by atoms with Gasteiger partial charge in [0.25, 0.3) is 0 Å². The van der Waals surface area contributed by atoms with Gasteiger partial charge in [0.05, 0.1) is 9.21 Å². The van der Waals surface area contributed by atoms with Crippen LogP contribution in [0.4, 0.5) is 8.78 Å². The lowest BCUT2D eigenvalue weighted by Crippen LogP contribution is -2.02. The second-order valence-electron chi connectivity index (χ2n) is 6.40. The highest BCUT2D eigenvalue weighted by molar-refractivity contribution is 7.16. The smallest absolute Gasteiger partial charge is 0.200 e. The maximum atomic E-state index is 14.3. The van der Waals surface area contributed by atoms with Gasteiger partial charge in [-0.15, -0.1) is 11.3 Å². The van der Waals surface area contributed by atoms with Gasteiger partial charge in [-0.25, -0.2) is 4.39 Å². The number of aliphatic hydroxyl groups is 1. The van der Waals surface area contributed by atoms with Crippen LogP contribution in [-0.4, -0.2) is 11.7 Å². The molecule has 0 unspecified atom stereocenters. The number of halogens is 3. The van der Waals surface area contributed by atoms with Crippen LogP contribution >= 0.6 is 22.9 Å². The molecular weight excluding hydrogens is 402 g/mol. The monoisotopic (exact) mass is 422 g/mol. The van der Waals surface area contributed by atoms with Gasteiger partial charge in [0, 0.05) is 12.2 Å². The average molecular weight is 423 g/mol. The summed E-state index contributed by atoms with van der Waals surface area (Å²) in [7, 11) is 0. The third-order valence-electron chi connectivity index (χ3n) is 4.54. The van der Waals surface area contributed by atoms with Crippen LogP contribution in [0.2, 0.25) is 4.34 Å². The van der Waals surface area contributed by atoms with Gasteiger partial charge in [0.1, 0.15) is 6.61 Å². The molecule has 1 aromatic heterocycles. The third kappa shape index (κ3) is 4.72. The molecule has 2 nitrogen and oxygen atoms in total. The predicted molar refractivity (Wildman–Crippen MR) is 110 cm³/mol. The van der Waals surface area contributed by atoms with E-state index in [4.69, 9.17) is 21.4 Å². The Morgan fingerprint density at radius 2 is 1.82 bits per heavy atom. The van der Waals surface area contributed by atoms with Crippen LogP contribution in [0.25, 0.3) is 11.1 Å². The molecule has 0 atom stereocenters. The van der Waals surface area contributed by atoms with Crippen LogP contribution < -0.4 is 4.74 Å². The van der Waals surface area contributed by atoms with Gasteiger partial charge in [0.15, 0.2) is 11.6 Å². The molecular formula is C22H21ClF2O2S. The Hall–Kier alpha value is -1.95. The highest BCUT2D eigenvalue weighted by Gasteiger charge is 2.16. The molecule has 0 saturated heterocycles. The normalized spacial score (nSPS) is 11.0. The van der Waals surface area contributed by atoms with Crippen molar-refractivity contribution in [3.05, 3.63) is 74.4 Å². The minimum atomic E-state index is -1.01. The number of rotatable bonds is 8. The molecule has 3 aromatic rings. The maximum Gasteiger partial charge on any atom is 0.200 e. The molecule has 2 aromatic carbocycles. The van der Waals surface area contributed by atoms with Crippen LogP contribution in [-0.2, 0) is 19.4 Å². The molecule has 0 radical (unpaired) electrons. The second kappa shape index (κ2) is 9.50. The summed E-state index contributed by atoms with van der Waals surface area (Å²) in [6, 6.07) is 13.0. The van der Waals surface area contributed by atoms with Crippen molar-refractivity contribution in [1.82, 2.24) is 0 Å². The van der Waals surface area contributed by atoms with Crippen LogP contribution in [0.15, 0.2) is 42.5 Å². The number of aryl methyl sites for hydroxylation is 2. The zero-order valence-electron chi connectivity index (χ0n) is 15.5. The molecule has 0 saturated carbocycles. The van der Waals surface area contributed by atoms with E-state index in [0.717, 1.165) is 22.4 Å². The minimum absolute atomic E-state index is 0.0690. The summed E-state index contributed by atoms with van der Waals surface area (Å²) in [5, 5.41) is 8.85. The Labute approximate surface area is 172 Å². The van der Waals surface area contributed by atoms with Crippen molar-refractivity contribution >= 4 is 22.9 Å². The standard InChI is InChI=1S/C22H21ClF2O2S/c1-2-14-5-7-15(8-6-14)17-12-20(23)28-19(17)13-27-18-10-9-16(4-3-11-26)21(24)22(18)25/h5-10,12,26H,2-4,11,13H2,1H3. The largest absolute Gasteiger partial charge is 0.485 e. The van der Waals surface area contributed by atoms with Crippen molar-refractivity contribution in [2.45, 2.75) is 32.8 Å². The fourth-order valence-corrected chi connectivity index (χ4v) is 4.16. The Bertz CT molecular complexity index is 938. The zero-order chi connectivity index (χ0) is 20.1. The van der Waals surface area contributed by atoms with Crippen molar-refractivity contribution in [2.75, 3.05) is 6.61 Å². The van der Waals surface area contributed by atoms with E-state index in [9.17, 15) is 8.78 Å². The van der Waals surface area contributed by atoms with E-state index in [2.05, 4.69) is 19.1 Å². The molecule has 1 heterocycles. The van der Waals surface area contributed by atoms with E-state index in [-0.39, 0.29) is 30.9 Å². The van der Waals surface area contributed by atoms with Gasteiger partial charge >= 0.3 is 0 Å². The lowest BCUT2D eigenvalue weighted by Gasteiger charge is -2.11. The quantitative estimate of drug-likeness (QED) is 0.454. The number of thiophene rings is 1. The molecule has 0 fully saturated rings. The van der Waals surface area contributed by atoms with E-state index < -0.39 is 11.6 Å². The Kier molecular flexibility index (Phi) is 7.05. The van der Waals surface area contributed by atoms with Gasteiger partial charge in [-0.05, 0) is 48.1 Å². The van der Waals surface area contributed by atoms with E-state index in [1.807, 2.05) is 18.2 Å². The van der Waals surface area contributed by atoms with Crippen molar-refractivity contribution in [2.24, 2.45) is 0 Å². The summed E-state index contributed by atoms with van der Waals surface area (Å²) in [6.07, 6.45) is 1.61. The Morgan fingerprint density at radius 1 is 1.07 bits per heavy atom. The molecule has 0 bridgehead atoms. The van der Waals surface area contributed by atoms with Gasteiger partial charge in [-0.2, -0.15) is 4.39 Å². The van der Waals surface area contributed by atoms with E-state index >= 15 is 0 Å². The number of hydrogen-bond acceptors (Lipinski definition) is 3. The molecule has 148 valence electrons. The summed E-state index contributed by atoms with van der Waals surface area (Å²) < 4.78 is 34.7. The first kappa shape index (κ1) is 20.8. The van der Waals surface area contributed by atoms with Gasteiger partial charge in [-0.1, -0.05) is 48.9 Å². The molecule has 6 heteroatoms. The number of ether oxygens (including phenoxy) is 1. The summed E-state index contributed by atoms with van der Waals surface area (Å²) in [4.78, 5) is 0.846. The number of hydrogen-bond donors (Lipinski definition) is 1. The second-order valence-corrected chi connectivity index (χ2v) is 8.17. The lowest BCUT2D eigenvalue weighted by molar-refractivity contribution is 0.283. The molecule has 0 aliphatic heterocycles. The first-order valence-corrected chi connectivity index (χ1v) is 10.3.